The van der Waals surface area contributed by atoms with Gasteiger partial charge in [-0.1, -0.05) is 0 Å². The van der Waals surface area contributed by atoms with E-state index in [0.717, 1.165) is 10.1 Å². The molecule has 0 saturated carbocycles. The van der Waals surface area contributed by atoms with Crippen LogP contribution >= 0.6 is 0 Å². The van der Waals surface area contributed by atoms with Crippen LogP contribution in [0.2, 0.25) is 0 Å². The molecule has 11 heteroatoms. The van der Waals surface area contributed by atoms with Crippen molar-refractivity contribution in [1.82, 2.24) is 24.1 Å². The lowest BCUT2D eigenvalue weighted by Crippen LogP contribution is -2.37. The molecule has 1 aromatic carbocycles. The largest absolute Gasteiger partial charge is 0.454 e. The number of hydrogen-bond acceptors (Lipinski definition) is 7. The standard InChI is InChI=1S/C17H16N6O5/c1-21-15-14(16(25)22(2)17(21)26)18-8-23(15)7-13(24)20-19-6-10-3-4-11-12(5-10)28-9-27-11/h3-6,8H,7,9H2,1-2H3,(H,20,24)/b19-6-. The Labute approximate surface area is 157 Å². The lowest BCUT2D eigenvalue weighted by molar-refractivity contribution is -0.121. The summed E-state index contributed by atoms with van der Waals surface area (Å²) in [4.78, 5) is 40.4. The van der Waals surface area contributed by atoms with Gasteiger partial charge in [0, 0.05) is 14.1 Å². The summed E-state index contributed by atoms with van der Waals surface area (Å²) in [7, 11) is 2.89. The Hall–Kier alpha value is -3.89. The molecule has 144 valence electrons. The first-order valence-electron chi connectivity index (χ1n) is 8.28. The molecule has 0 saturated heterocycles. The molecule has 0 aliphatic carbocycles. The Morgan fingerprint density at radius 3 is 2.86 bits per heavy atom. The maximum atomic E-state index is 12.2. The second kappa shape index (κ2) is 6.68. The van der Waals surface area contributed by atoms with E-state index >= 15 is 0 Å². The Kier molecular flexibility index (Phi) is 4.18. The Bertz CT molecular complexity index is 1240. The number of carbonyl (C=O) groups is 1. The van der Waals surface area contributed by atoms with Crippen LogP contribution in [0.3, 0.4) is 0 Å². The summed E-state index contributed by atoms with van der Waals surface area (Å²) >= 11 is 0. The van der Waals surface area contributed by atoms with Gasteiger partial charge in [-0.05, 0) is 23.8 Å². The van der Waals surface area contributed by atoms with E-state index in [-0.39, 0.29) is 24.5 Å². The Balaban J connectivity index is 1.50. The number of benzene rings is 1. The number of hydrazone groups is 1. The van der Waals surface area contributed by atoms with Gasteiger partial charge >= 0.3 is 5.69 Å². The Morgan fingerprint density at radius 1 is 1.25 bits per heavy atom. The molecule has 0 bridgehead atoms. The molecule has 2 aromatic heterocycles. The average molecular weight is 384 g/mol. The van der Waals surface area contributed by atoms with Gasteiger partial charge in [0.2, 0.25) is 6.79 Å². The molecule has 1 amide bonds. The highest BCUT2D eigenvalue weighted by Gasteiger charge is 2.16. The van der Waals surface area contributed by atoms with E-state index in [2.05, 4.69) is 15.5 Å². The smallest absolute Gasteiger partial charge is 0.332 e. The topological polar surface area (TPSA) is 122 Å². The first-order valence-corrected chi connectivity index (χ1v) is 8.28. The summed E-state index contributed by atoms with van der Waals surface area (Å²) < 4.78 is 14.2. The monoisotopic (exact) mass is 384 g/mol. The molecule has 0 radical (unpaired) electrons. The molecule has 3 heterocycles. The fourth-order valence-electron chi connectivity index (χ4n) is 2.92. The molecule has 0 spiro atoms. The summed E-state index contributed by atoms with van der Waals surface area (Å²) in [5, 5.41) is 3.91. The molecule has 4 rings (SSSR count). The van der Waals surface area contributed by atoms with Gasteiger partial charge < -0.3 is 14.0 Å². The number of ether oxygens (including phenoxy) is 2. The summed E-state index contributed by atoms with van der Waals surface area (Å²) in [6.07, 6.45) is 2.81. The number of nitrogens with zero attached hydrogens (tertiary/aromatic N) is 5. The zero-order valence-electron chi connectivity index (χ0n) is 15.1. The minimum Gasteiger partial charge on any atom is -0.454 e. The highest BCUT2D eigenvalue weighted by Crippen LogP contribution is 2.31. The van der Waals surface area contributed by atoms with Crippen LogP contribution in [-0.2, 0) is 25.4 Å². The SMILES string of the molecule is Cn1c(=O)c2ncn(CC(=O)N/N=C\c3ccc4c(c3)OCO4)c2n(C)c1=O. The maximum absolute atomic E-state index is 12.2. The van der Waals surface area contributed by atoms with Crippen molar-refractivity contribution in [2.45, 2.75) is 6.54 Å². The predicted molar refractivity (Wildman–Crippen MR) is 98.5 cm³/mol. The zero-order valence-corrected chi connectivity index (χ0v) is 15.1. The van der Waals surface area contributed by atoms with Crippen LogP contribution in [0.4, 0.5) is 0 Å². The molecule has 0 fully saturated rings. The van der Waals surface area contributed by atoms with Gasteiger partial charge in [0.05, 0.1) is 12.5 Å². The van der Waals surface area contributed by atoms with Crippen LogP contribution in [0.5, 0.6) is 11.5 Å². The van der Waals surface area contributed by atoms with Crippen molar-refractivity contribution in [3.63, 3.8) is 0 Å². The van der Waals surface area contributed by atoms with Gasteiger partial charge in [0.1, 0.15) is 12.2 Å². The number of amides is 1. The van der Waals surface area contributed by atoms with E-state index in [0.29, 0.717) is 11.5 Å². The van der Waals surface area contributed by atoms with Gasteiger partial charge in [-0.3, -0.25) is 18.7 Å². The van der Waals surface area contributed by atoms with Crippen LogP contribution in [0.1, 0.15) is 5.56 Å². The number of rotatable bonds is 4. The molecule has 28 heavy (non-hydrogen) atoms. The summed E-state index contributed by atoms with van der Waals surface area (Å²) in [5.41, 5.74) is 2.49. The quantitative estimate of drug-likeness (QED) is 0.470. The minimum absolute atomic E-state index is 0.112. The number of hydrogen-bond donors (Lipinski definition) is 1. The minimum atomic E-state index is -0.516. The molecular formula is C17H16N6O5. The molecule has 11 nitrogen and oxygen atoms in total. The van der Waals surface area contributed by atoms with Crippen molar-refractivity contribution in [1.29, 1.82) is 0 Å². The van der Waals surface area contributed by atoms with Crippen molar-refractivity contribution in [2.24, 2.45) is 19.2 Å². The number of fused-ring (bicyclic) bond motifs is 2. The van der Waals surface area contributed by atoms with Gasteiger partial charge in [0.25, 0.3) is 11.5 Å². The normalized spacial score (nSPS) is 12.8. The van der Waals surface area contributed by atoms with E-state index in [1.807, 2.05) is 0 Å². The van der Waals surface area contributed by atoms with Gasteiger partial charge in [0.15, 0.2) is 17.0 Å². The van der Waals surface area contributed by atoms with Gasteiger partial charge in [-0.25, -0.2) is 15.2 Å². The lowest BCUT2D eigenvalue weighted by Gasteiger charge is -2.07. The van der Waals surface area contributed by atoms with E-state index < -0.39 is 17.2 Å². The van der Waals surface area contributed by atoms with E-state index in [4.69, 9.17) is 9.47 Å². The fourth-order valence-corrected chi connectivity index (χ4v) is 2.92. The molecule has 1 N–H and O–H groups in total. The zero-order chi connectivity index (χ0) is 19.8. The van der Waals surface area contributed by atoms with E-state index in [1.54, 1.807) is 18.2 Å². The maximum Gasteiger partial charge on any atom is 0.332 e. The fraction of sp³-hybridized carbons (Fsp3) is 0.235. The van der Waals surface area contributed by atoms with Crippen LogP contribution in [0.15, 0.2) is 39.2 Å². The predicted octanol–water partition coefficient (Wildman–Crippen LogP) is -0.687. The number of aryl methyl sites for hydroxylation is 1. The van der Waals surface area contributed by atoms with Crippen molar-refractivity contribution in [3.8, 4) is 11.5 Å². The number of carbonyl (C=O) groups excluding carboxylic acids is 1. The molecule has 0 atom stereocenters. The van der Waals surface area contributed by atoms with Gasteiger partial charge in [-0.15, -0.1) is 0 Å². The van der Waals surface area contributed by atoms with Crippen molar-refractivity contribution >= 4 is 23.3 Å². The molecule has 3 aromatic rings. The van der Waals surface area contributed by atoms with E-state index in [9.17, 15) is 14.4 Å². The summed E-state index contributed by atoms with van der Waals surface area (Å²) in [6.45, 7) is 0.0204. The average Bonchev–Trinajstić information content (AvgIpc) is 3.31. The van der Waals surface area contributed by atoms with Crippen molar-refractivity contribution in [2.75, 3.05) is 6.79 Å². The summed E-state index contributed by atoms with van der Waals surface area (Å²) in [5.74, 6) is 0.831. The van der Waals surface area contributed by atoms with Crippen molar-refractivity contribution in [3.05, 3.63) is 50.9 Å². The molecule has 0 unspecified atom stereocenters. The highest BCUT2D eigenvalue weighted by atomic mass is 16.7. The second-order valence-electron chi connectivity index (χ2n) is 6.16. The van der Waals surface area contributed by atoms with E-state index in [1.165, 1.54) is 35.8 Å². The number of nitrogens with one attached hydrogen (secondary N) is 1. The second-order valence-corrected chi connectivity index (χ2v) is 6.16. The molecule has 1 aliphatic heterocycles. The summed E-state index contributed by atoms with van der Waals surface area (Å²) in [6, 6.07) is 5.27. The highest BCUT2D eigenvalue weighted by molar-refractivity contribution is 5.83. The van der Waals surface area contributed by atoms with Crippen LogP contribution in [-0.4, -0.2) is 37.6 Å². The van der Waals surface area contributed by atoms with Crippen LogP contribution < -0.4 is 26.1 Å². The van der Waals surface area contributed by atoms with Crippen LogP contribution in [0, 0.1) is 0 Å². The van der Waals surface area contributed by atoms with Crippen LogP contribution in [0.25, 0.3) is 11.2 Å². The Morgan fingerprint density at radius 2 is 2.04 bits per heavy atom. The molecule has 1 aliphatic rings. The third-order valence-electron chi connectivity index (χ3n) is 4.32. The third-order valence-corrected chi connectivity index (χ3v) is 4.32. The number of imidazole rings is 1. The van der Waals surface area contributed by atoms with Crippen molar-refractivity contribution < 1.29 is 14.3 Å². The third kappa shape index (κ3) is 2.92. The first-order chi connectivity index (χ1) is 13.5. The first kappa shape index (κ1) is 17.5. The lowest BCUT2D eigenvalue weighted by atomic mass is 10.2. The van der Waals surface area contributed by atoms with Gasteiger partial charge in [-0.2, -0.15) is 5.10 Å². The number of aromatic nitrogens is 4. The molecular weight excluding hydrogens is 368 g/mol.